The molecule has 9 nitrogen and oxygen atoms in total. The number of alkyl halides is 3. The summed E-state index contributed by atoms with van der Waals surface area (Å²) in [6.45, 7) is 3.80. The molecule has 1 aliphatic carbocycles. The molecule has 2 unspecified atom stereocenters. The first-order valence-corrected chi connectivity index (χ1v) is 17.4. The van der Waals surface area contributed by atoms with Gasteiger partial charge in [-0.1, -0.05) is 19.3 Å². The zero-order valence-corrected chi connectivity index (χ0v) is 26.3. The molecule has 2 aromatic rings. The van der Waals surface area contributed by atoms with E-state index in [0.717, 1.165) is 43.0 Å². The first-order chi connectivity index (χ1) is 21.6. The van der Waals surface area contributed by atoms with Crippen LogP contribution in [0.25, 0.3) is 0 Å². The first-order valence-electron chi connectivity index (χ1n) is 16.0. The van der Waals surface area contributed by atoms with Crippen molar-refractivity contribution < 1.29 is 26.3 Å². The number of sulfonamides is 1. The molecule has 2 N–H and O–H groups in total. The molecule has 1 aromatic heterocycles. The van der Waals surface area contributed by atoms with Crippen LogP contribution in [0.1, 0.15) is 70.3 Å². The lowest BCUT2D eigenvalue weighted by Gasteiger charge is -2.33. The number of ether oxygens (including phenoxy) is 1. The monoisotopic (exact) mass is 646 g/mol. The van der Waals surface area contributed by atoms with Gasteiger partial charge in [-0.2, -0.15) is 17.5 Å². The van der Waals surface area contributed by atoms with Crippen LogP contribution in [-0.2, 0) is 20.9 Å². The summed E-state index contributed by atoms with van der Waals surface area (Å²) in [4.78, 5) is 10.9. The summed E-state index contributed by atoms with van der Waals surface area (Å²) in [5.74, 6) is 0.936. The summed E-state index contributed by atoms with van der Waals surface area (Å²) in [5, 5.41) is 6.81. The maximum absolute atomic E-state index is 13.8. The predicted molar refractivity (Wildman–Crippen MR) is 167 cm³/mol. The van der Waals surface area contributed by atoms with Gasteiger partial charge in [-0.3, -0.25) is 0 Å². The van der Waals surface area contributed by atoms with Crippen molar-refractivity contribution in [3.8, 4) is 0 Å². The van der Waals surface area contributed by atoms with Gasteiger partial charge < -0.3 is 20.3 Å². The molecule has 3 aliphatic heterocycles. The molecular weight excluding hydrogens is 605 g/mol. The molecule has 244 valence electrons. The molecule has 1 aromatic carbocycles. The van der Waals surface area contributed by atoms with Crippen molar-refractivity contribution in [3.05, 3.63) is 59.4 Å². The first kappa shape index (κ1) is 31.8. The Labute approximate surface area is 263 Å². The molecule has 0 radical (unpaired) electrons. The molecule has 4 aliphatic rings. The smallest absolute Gasteiger partial charge is 0.355 e. The Balaban J connectivity index is 1.24. The van der Waals surface area contributed by atoms with Crippen LogP contribution in [0.5, 0.6) is 0 Å². The lowest BCUT2D eigenvalue weighted by atomic mass is 9.86. The Bertz CT molecular complexity index is 1520. The molecule has 45 heavy (non-hydrogen) atoms. The molecule has 13 heteroatoms. The van der Waals surface area contributed by atoms with Crippen molar-refractivity contribution in [2.45, 2.75) is 88.2 Å². The fraction of sp³-hybridized carbons (Fsp3) is 0.562. The number of amidine groups is 1. The molecule has 1 saturated carbocycles. The van der Waals surface area contributed by atoms with E-state index in [2.05, 4.69) is 22.5 Å². The van der Waals surface area contributed by atoms with Crippen molar-refractivity contribution in [1.29, 1.82) is 0 Å². The number of aromatic nitrogens is 1. The van der Waals surface area contributed by atoms with E-state index in [1.54, 1.807) is 29.2 Å². The Morgan fingerprint density at radius 2 is 1.69 bits per heavy atom. The lowest BCUT2D eigenvalue weighted by molar-refractivity contribution is -0.137. The summed E-state index contributed by atoms with van der Waals surface area (Å²) in [6, 6.07) is 9.01. The van der Waals surface area contributed by atoms with Crippen molar-refractivity contribution in [1.82, 2.24) is 14.6 Å². The Hall–Kier alpha value is -3.16. The van der Waals surface area contributed by atoms with E-state index in [1.807, 2.05) is 0 Å². The molecule has 4 heterocycles. The summed E-state index contributed by atoms with van der Waals surface area (Å²) >= 11 is 0. The maximum Gasteiger partial charge on any atom is 0.419 e. The van der Waals surface area contributed by atoms with Gasteiger partial charge in [0, 0.05) is 55.8 Å². The van der Waals surface area contributed by atoms with Gasteiger partial charge in [0.05, 0.1) is 16.6 Å². The highest BCUT2D eigenvalue weighted by Crippen LogP contribution is 2.37. The minimum Gasteiger partial charge on any atom is -0.355 e. The van der Waals surface area contributed by atoms with Crippen molar-refractivity contribution in [3.63, 3.8) is 0 Å². The third-order valence-electron chi connectivity index (χ3n) is 9.33. The van der Waals surface area contributed by atoms with E-state index in [0.29, 0.717) is 56.5 Å². The average molecular weight is 647 g/mol. The van der Waals surface area contributed by atoms with Crippen LogP contribution >= 0.6 is 0 Å². The van der Waals surface area contributed by atoms with Crippen LogP contribution in [0.4, 0.5) is 24.7 Å². The topological polar surface area (TPSA) is 99.2 Å². The second kappa shape index (κ2) is 13.3. The minimum atomic E-state index is -4.52. The number of rotatable bonds is 7. The lowest BCUT2D eigenvalue weighted by Crippen LogP contribution is -2.41. The summed E-state index contributed by atoms with van der Waals surface area (Å²) < 4.78 is 75.6. The normalized spacial score (nSPS) is 22.8. The van der Waals surface area contributed by atoms with Gasteiger partial charge >= 0.3 is 6.18 Å². The molecule has 0 spiro atoms. The molecule has 6 rings (SSSR count). The van der Waals surface area contributed by atoms with E-state index in [9.17, 15) is 21.6 Å². The van der Waals surface area contributed by atoms with Gasteiger partial charge in [0.15, 0.2) is 0 Å². The quantitative estimate of drug-likeness (QED) is 0.374. The van der Waals surface area contributed by atoms with Gasteiger partial charge in [0.2, 0.25) is 16.4 Å². The van der Waals surface area contributed by atoms with Gasteiger partial charge in [-0.15, -0.1) is 0 Å². The molecular formula is C32H41F3N6O3S. The van der Waals surface area contributed by atoms with E-state index in [4.69, 9.17) is 9.73 Å². The highest BCUT2D eigenvalue weighted by atomic mass is 32.2. The number of aliphatic imine (C=N–C) groups is 1. The fourth-order valence-corrected chi connectivity index (χ4v) is 8.32. The molecule has 1 saturated heterocycles. The number of benzene rings is 1. The van der Waals surface area contributed by atoms with Gasteiger partial charge in [-0.25, -0.2) is 18.4 Å². The highest BCUT2D eigenvalue weighted by molar-refractivity contribution is 7.89. The standard InChI is InChI=1S/C32H41F3N6O3S/c1-22(23-8-3-2-4-9-23)44-31-38-28-16-21-40(30-27(32(33,34)35)10-7-17-36-30)20-15-26(28)29(39-31)37-24-11-13-25(14-12-24)45(42,43)41-18-5-6-19-41/h7,10-14,17,22-23,31,38H,2-6,8-9,15-16,18-21H2,1H3,(H,37,39). The number of halogens is 3. The van der Waals surface area contributed by atoms with Crippen LogP contribution in [0.15, 0.2) is 63.8 Å². The Kier molecular flexibility index (Phi) is 9.39. The average Bonchev–Trinajstić information content (AvgIpc) is 3.50. The van der Waals surface area contributed by atoms with E-state index < -0.39 is 28.1 Å². The summed E-state index contributed by atoms with van der Waals surface area (Å²) in [5.41, 5.74) is 1.64. The minimum absolute atomic E-state index is 0.0184. The van der Waals surface area contributed by atoms with Crippen LogP contribution in [0, 0.1) is 5.92 Å². The molecule has 2 fully saturated rings. The second-order valence-electron chi connectivity index (χ2n) is 12.3. The van der Waals surface area contributed by atoms with Crippen LogP contribution in [0.3, 0.4) is 0 Å². The number of anilines is 2. The van der Waals surface area contributed by atoms with Crippen LogP contribution in [0.2, 0.25) is 0 Å². The highest BCUT2D eigenvalue weighted by Gasteiger charge is 2.37. The van der Waals surface area contributed by atoms with Crippen LogP contribution < -0.4 is 15.5 Å². The van der Waals surface area contributed by atoms with Crippen molar-refractivity contribution in [2.75, 3.05) is 36.4 Å². The zero-order chi connectivity index (χ0) is 31.6. The summed E-state index contributed by atoms with van der Waals surface area (Å²) in [6.07, 6.45) is 4.65. The SMILES string of the molecule is CC(OC1N=C(Nc2ccc(S(=O)(=O)N3CCCC3)cc2)C2=C(CCN(c3ncccc3C(F)(F)F)CC2)N1)C1CCCCC1. The third-order valence-corrected chi connectivity index (χ3v) is 11.2. The number of nitrogens with one attached hydrogen (secondary N) is 2. The van der Waals surface area contributed by atoms with Crippen LogP contribution in [-0.4, -0.2) is 62.2 Å². The van der Waals surface area contributed by atoms with Gasteiger partial charge in [0.1, 0.15) is 11.7 Å². The van der Waals surface area contributed by atoms with Crippen molar-refractivity contribution in [2.24, 2.45) is 10.9 Å². The number of nitrogens with zero attached hydrogens (tertiary/aromatic N) is 4. The number of hydrogen-bond donors (Lipinski definition) is 2. The van der Waals surface area contributed by atoms with E-state index >= 15 is 0 Å². The summed E-state index contributed by atoms with van der Waals surface area (Å²) in [7, 11) is -3.55. The van der Waals surface area contributed by atoms with Gasteiger partial charge in [0.25, 0.3) is 0 Å². The molecule has 2 atom stereocenters. The molecule has 0 amide bonds. The maximum atomic E-state index is 13.8. The third kappa shape index (κ3) is 7.15. The Morgan fingerprint density at radius 1 is 0.978 bits per heavy atom. The Morgan fingerprint density at radius 3 is 2.40 bits per heavy atom. The fourth-order valence-electron chi connectivity index (χ4n) is 6.80. The molecule has 0 bridgehead atoms. The predicted octanol–water partition coefficient (Wildman–Crippen LogP) is 6.12. The largest absolute Gasteiger partial charge is 0.419 e. The van der Waals surface area contributed by atoms with E-state index in [1.165, 1.54) is 35.8 Å². The zero-order valence-electron chi connectivity index (χ0n) is 25.5. The van der Waals surface area contributed by atoms with Crippen molar-refractivity contribution >= 4 is 27.4 Å². The number of hydrogen-bond acceptors (Lipinski definition) is 8. The number of pyridine rings is 1. The van der Waals surface area contributed by atoms with E-state index in [-0.39, 0.29) is 16.8 Å². The second-order valence-corrected chi connectivity index (χ2v) is 14.2. The van der Waals surface area contributed by atoms with Gasteiger partial charge in [-0.05, 0) is 81.3 Å².